The number of nitrogens with zero attached hydrogens (tertiary/aromatic N) is 10. The number of carbonyl (C=O) groups excluding carboxylic acids is 3. The number of ketones is 1. The minimum absolute atomic E-state index is 0.104. The molecule has 0 unspecified atom stereocenters. The zero-order chi connectivity index (χ0) is 47.5. The van der Waals surface area contributed by atoms with Crippen LogP contribution in [0.2, 0.25) is 0 Å². The molecule has 0 saturated carbocycles. The predicted octanol–water partition coefficient (Wildman–Crippen LogP) is 2.77. The van der Waals surface area contributed by atoms with E-state index in [2.05, 4.69) is 56.5 Å². The number of hydrogen-bond donors (Lipinski definition) is 3. The second-order valence-electron chi connectivity index (χ2n) is 15.9. The summed E-state index contributed by atoms with van der Waals surface area (Å²) in [6.07, 6.45) is 6.61. The van der Waals surface area contributed by atoms with Gasteiger partial charge in [-0.3, -0.25) is 24.2 Å². The van der Waals surface area contributed by atoms with Gasteiger partial charge in [0.15, 0.2) is 5.82 Å². The van der Waals surface area contributed by atoms with E-state index < -0.39 is 17.6 Å². The Hall–Kier alpha value is -6.67. The predicted molar refractivity (Wildman–Crippen MR) is 250 cm³/mol. The van der Waals surface area contributed by atoms with Gasteiger partial charge in [-0.15, -0.1) is 5.10 Å². The lowest BCUT2D eigenvalue weighted by atomic mass is 9.93. The third-order valence-corrected chi connectivity index (χ3v) is 11.6. The van der Waals surface area contributed by atoms with Crippen LogP contribution in [0.15, 0.2) is 67.0 Å². The second kappa shape index (κ2) is 25.5. The number of anilines is 1. The monoisotopic (exact) mass is 933 g/mol. The number of piperazine rings is 1. The number of H-pyrrole nitrogens is 1. The van der Waals surface area contributed by atoms with Gasteiger partial charge in [-0.25, -0.2) is 19.9 Å². The first kappa shape index (κ1) is 49.2. The zero-order valence-electron chi connectivity index (χ0n) is 38.7. The Kier molecular flexibility index (Phi) is 18.4. The lowest BCUT2D eigenvalue weighted by Crippen LogP contribution is -2.48. The molecule has 0 aliphatic carbocycles. The van der Waals surface area contributed by atoms with E-state index in [1.54, 1.807) is 6.07 Å². The van der Waals surface area contributed by atoms with Gasteiger partial charge in [-0.2, -0.15) is 9.94 Å². The largest absolute Gasteiger partial charge is 0.494 e. The molecule has 1 aromatic carbocycles. The van der Waals surface area contributed by atoms with Gasteiger partial charge in [0.1, 0.15) is 24.2 Å². The number of pyridine rings is 1. The molecule has 5 aromatic rings. The van der Waals surface area contributed by atoms with E-state index in [-0.39, 0.29) is 29.5 Å². The number of piperidine rings is 1. The van der Waals surface area contributed by atoms with Gasteiger partial charge >= 0.3 is 0 Å². The summed E-state index contributed by atoms with van der Waals surface area (Å²) in [5.74, 6) is -0.883. The number of aromatic nitrogens is 7. The quantitative estimate of drug-likeness (QED) is 0.0330. The molecule has 21 nitrogen and oxygen atoms in total. The molecule has 2 aliphatic rings. The highest BCUT2D eigenvalue weighted by Gasteiger charge is 2.31. The highest BCUT2D eigenvalue weighted by atomic mass is 16.6. The number of ether oxygens (including phenoxy) is 5. The molecule has 2 fully saturated rings. The lowest BCUT2D eigenvalue weighted by molar-refractivity contribution is -0.126. The van der Waals surface area contributed by atoms with E-state index in [0.717, 1.165) is 50.4 Å². The average Bonchev–Trinajstić information content (AvgIpc) is 4.06. The van der Waals surface area contributed by atoms with Crippen molar-refractivity contribution in [2.24, 2.45) is 0 Å². The molecule has 2 aliphatic heterocycles. The van der Waals surface area contributed by atoms with Crippen molar-refractivity contribution in [3.63, 3.8) is 0 Å². The highest BCUT2D eigenvalue weighted by Crippen LogP contribution is 2.33. The zero-order valence-corrected chi connectivity index (χ0v) is 38.7. The maximum absolute atomic E-state index is 13.8. The topological polar surface area (TPSA) is 240 Å². The number of aromatic amines is 1. The first-order valence-electron chi connectivity index (χ1n) is 22.9. The number of nitrogens with one attached hydrogen (secondary N) is 3. The summed E-state index contributed by atoms with van der Waals surface area (Å²) in [7, 11) is 1.44. The van der Waals surface area contributed by atoms with Gasteiger partial charge in [-0.1, -0.05) is 30.3 Å². The van der Waals surface area contributed by atoms with E-state index in [1.807, 2.05) is 37.3 Å². The normalized spacial score (nSPS) is 14.5. The molecule has 0 atom stereocenters. The Morgan fingerprint density at radius 1 is 0.838 bits per heavy atom. The molecule has 0 radical (unpaired) electrons. The van der Waals surface area contributed by atoms with E-state index >= 15 is 0 Å². The van der Waals surface area contributed by atoms with Gasteiger partial charge in [0.2, 0.25) is 5.82 Å². The minimum Gasteiger partial charge on any atom is -0.494 e. The van der Waals surface area contributed by atoms with E-state index in [4.69, 9.17) is 23.7 Å². The number of allylic oxidation sites excluding steroid dienone is 1. The number of rotatable bonds is 25. The smallest absolute Gasteiger partial charge is 0.295 e. The van der Waals surface area contributed by atoms with Crippen LogP contribution >= 0.6 is 0 Å². The summed E-state index contributed by atoms with van der Waals surface area (Å²) in [4.78, 5) is 67.3. The van der Waals surface area contributed by atoms with E-state index in [0.29, 0.717) is 113 Å². The molecule has 0 spiro atoms. The van der Waals surface area contributed by atoms with Crippen molar-refractivity contribution in [3.05, 3.63) is 89.7 Å². The molecule has 2 amide bonds. The number of Topliss-reactive ketones (excluding diaryl/α,β-unsaturated/α-hetero) is 1. The van der Waals surface area contributed by atoms with Crippen molar-refractivity contribution in [2.45, 2.75) is 26.3 Å². The van der Waals surface area contributed by atoms with Crippen molar-refractivity contribution < 1.29 is 38.1 Å². The molecule has 360 valence electrons. The van der Waals surface area contributed by atoms with E-state index in [9.17, 15) is 19.6 Å². The third-order valence-electron chi connectivity index (χ3n) is 11.6. The summed E-state index contributed by atoms with van der Waals surface area (Å²) in [6, 6.07) is 13.5. The van der Waals surface area contributed by atoms with Crippen molar-refractivity contribution >= 4 is 39.9 Å². The number of fused-ring (bicyclic) bond motifs is 1. The number of hydrogen-bond acceptors (Lipinski definition) is 17. The molecule has 68 heavy (non-hydrogen) atoms. The fraction of sp³-hybridized carbons (Fsp3) is 0.468. The number of nitriles is 1. The van der Waals surface area contributed by atoms with Gasteiger partial charge in [0.25, 0.3) is 17.6 Å². The molecule has 0 bridgehead atoms. The van der Waals surface area contributed by atoms with Gasteiger partial charge in [0.05, 0.1) is 99.9 Å². The molecular weight excluding hydrogens is 875 g/mol. The average molecular weight is 934 g/mol. The van der Waals surface area contributed by atoms with Crippen molar-refractivity contribution in [3.8, 4) is 17.6 Å². The molecule has 2 saturated heterocycles. The van der Waals surface area contributed by atoms with Crippen molar-refractivity contribution in [1.82, 2.24) is 54.7 Å². The molecule has 21 heteroatoms. The molecule has 3 N–H and O–H groups in total. The first-order chi connectivity index (χ1) is 33.4. The van der Waals surface area contributed by atoms with Crippen LogP contribution in [0, 0.1) is 11.3 Å². The summed E-state index contributed by atoms with van der Waals surface area (Å²) >= 11 is 0. The Balaban J connectivity index is 0.839. The Bertz CT molecular complexity index is 2510. The number of methoxy groups -OCH3 is 1. The Morgan fingerprint density at radius 3 is 2.22 bits per heavy atom. The lowest BCUT2D eigenvalue weighted by Gasteiger charge is -2.34. The minimum atomic E-state index is -0.720. The number of carbonyl (C=O) groups is 3. The number of amides is 2. The van der Waals surface area contributed by atoms with Crippen LogP contribution in [-0.4, -0.2) is 186 Å². The van der Waals surface area contributed by atoms with Gasteiger partial charge in [0, 0.05) is 77.8 Å². The third kappa shape index (κ3) is 13.3. The van der Waals surface area contributed by atoms with E-state index in [1.165, 1.54) is 41.7 Å². The SMILES string of the molecule is CCOCCOCCOCCOCCN1CCN(CCNc2cc(CNC(=O)c3ncn(-c4ncc(OC)c5c(C(=O)C(=O)N6CCC(=C(C#N)c7ccccc7)CC6)c[nH]c45)n3)ncn2)CC1. The fourth-order valence-electron chi connectivity index (χ4n) is 7.94. The Morgan fingerprint density at radius 2 is 1.53 bits per heavy atom. The summed E-state index contributed by atoms with van der Waals surface area (Å²) in [6.45, 7) is 13.8. The van der Waals surface area contributed by atoms with Gasteiger partial charge in [-0.05, 0) is 30.9 Å². The standard InChI is InChI=1S/C47H59N13O8/c1-3-65-21-22-67-25-26-68-24-23-66-20-19-58-17-15-57(16-18-58)14-11-49-40-27-36(53-32-54-40)29-52-46(62)44-55-33-60(56-44)45-42-41(39(64-2)31-51-45)38(30-50-42)43(61)47(63)59-12-9-35(10-13-59)37(28-48)34-7-5-4-6-8-34/h4-8,27,30-33,50H,3,9-26,29H2,1-2H3,(H,52,62)(H,49,53,54). The van der Waals surface area contributed by atoms with Gasteiger partial charge < -0.3 is 44.2 Å². The van der Waals surface area contributed by atoms with Crippen LogP contribution in [0.4, 0.5) is 5.82 Å². The molecular formula is C47H59N13O8. The summed E-state index contributed by atoms with van der Waals surface area (Å²) in [5.41, 5.74) is 3.44. The van der Waals surface area contributed by atoms with Crippen LogP contribution in [0.1, 0.15) is 52.0 Å². The van der Waals surface area contributed by atoms with Crippen LogP contribution in [0.3, 0.4) is 0 Å². The first-order valence-corrected chi connectivity index (χ1v) is 22.9. The summed E-state index contributed by atoms with van der Waals surface area (Å²) in [5, 5.41) is 20.8. The summed E-state index contributed by atoms with van der Waals surface area (Å²) < 4.78 is 28.9. The second-order valence-corrected chi connectivity index (χ2v) is 15.9. The van der Waals surface area contributed by atoms with Crippen molar-refractivity contribution in [1.29, 1.82) is 5.26 Å². The highest BCUT2D eigenvalue weighted by molar-refractivity contribution is 6.45. The molecule has 7 rings (SSSR count). The van der Waals surface area contributed by atoms with Crippen LogP contribution < -0.4 is 15.4 Å². The van der Waals surface area contributed by atoms with Crippen LogP contribution in [0.5, 0.6) is 5.75 Å². The van der Waals surface area contributed by atoms with Crippen molar-refractivity contribution in [2.75, 3.05) is 124 Å². The number of benzene rings is 1. The van der Waals surface area contributed by atoms with Crippen LogP contribution in [-0.2, 0) is 30.3 Å². The number of likely N-dealkylation sites (tertiary alicyclic amines) is 1. The molecule has 6 heterocycles. The Labute approximate surface area is 394 Å². The van der Waals surface area contributed by atoms with Crippen LogP contribution in [0.25, 0.3) is 22.3 Å². The molecule has 4 aromatic heterocycles. The maximum atomic E-state index is 13.8. The maximum Gasteiger partial charge on any atom is 0.295 e. The fourth-order valence-corrected chi connectivity index (χ4v) is 7.94.